The predicted molar refractivity (Wildman–Crippen MR) is 70.8 cm³/mol. The van der Waals surface area contributed by atoms with E-state index < -0.39 is 0 Å². The lowest BCUT2D eigenvalue weighted by Gasteiger charge is -2.14. The van der Waals surface area contributed by atoms with Crippen LogP contribution in [0.3, 0.4) is 0 Å². The maximum absolute atomic E-state index is 9.17. The number of hydrogen-bond acceptors (Lipinski definition) is 4. The first-order chi connectivity index (χ1) is 8.76. The predicted octanol–water partition coefficient (Wildman–Crippen LogP) is 2.66. The minimum Gasteiger partial charge on any atom is -0.493 e. The van der Waals surface area contributed by atoms with Crippen LogP contribution in [-0.4, -0.2) is 20.3 Å². The lowest BCUT2D eigenvalue weighted by atomic mass is 10.1. The zero-order valence-electron chi connectivity index (χ0n) is 11.2. The van der Waals surface area contributed by atoms with Gasteiger partial charge in [0.15, 0.2) is 11.5 Å². The number of hydrogen-bond donors (Lipinski definition) is 1. The molecule has 18 heavy (non-hydrogen) atoms. The van der Waals surface area contributed by atoms with Crippen molar-refractivity contribution in [3.05, 3.63) is 23.8 Å². The summed E-state index contributed by atoms with van der Waals surface area (Å²) in [6, 6.07) is 7.52. The van der Waals surface area contributed by atoms with E-state index in [4.69, 9.17) is 14.7 Å². The summed E-state index contributed by atoms with van der Waals surface area (Å²) in [6.07, 6.45) is 0.993. The Morgan fingerprint density at radius 3 is 2.67 bits per heavy atom. The van der Waals surface area contributed by atoms with Crippen LogP contribution in [0.2, 0.25) is 0 Å². The smallest absolute Gasteiger partial charge is 0.161 e. The lowest BCUT2D eigenvalue weighted by Crippen LogP contribution is -2.20. The van der Waals surface area contributed by atoms with Crippen molar-refractivity contribution in [3.63, 3.8) is 0 Å². The van der Waals surface area contributed by atoms with E-state index in [0.717, 1.165) is 18.5 Å². The Hall–Kier alpha value is -1.73. The summed E-state index contributed by atoms with van der Waals surface area (Å²) < 4.78 is 10.7. The van der Waals surface area contributed by atoms with Gasteiger partial charge in [0.2, 0.25) is 0 Å². The molecule has 1 atom stereocenters. The average molecular weight is 248 g/mol. The van der Waals surface area contributed by atoms with Gasteiger partial charge in [0.25, 0.3) is 0 Å². The van der Waals surface area contributed by atoms with Crippen molar-refractivity contribution in [3.8, 4) is 17.6 Å². The summed E-state index contributed by atoms with van der Waals surface area (Å²) in [5, 5.41) is 12.4. The van der Waals surface area contributed by atoms with Gasteiger partial charge in [-0.3, -0.25) is 5.32 Å². The van der Waals surface area contributed by atoms with Gasteiger partial charge in [-0.05, 0) is 37.6 Å². The Morgan fingerprint density at radius 1 is 1.33 bits per heavy atom. The van der Waals surface area contributed by atoms with Crippen LogP contribution in [-0.2, 0) is 0 Å². The van der Waals surface area contributed by atoms with Crippen molar-refractivity contribution < 1.29 is 9.47 Å². The fourth-order valence-electron chi connectivity index (χ4n) is 1.67. The minimum atomic E-state index is -0.310. The number of nitrogens with one attached hydrogen (secondary N) is 1. The van der Waals surface area contributed by atoms with E-state index >= 15 is 0 Å². The molecule has 0 heterocycles. The van der Waals surface area contributed by atoms with E-state index in [1.165, 1.54) is 0 Å². The molecule has 1 aromatic carbocycles. The first-order valence-electron chi connectivity index (χ1n) is 6.20. The number of nitrogens with zero attached hydrogens (tertiary/aromatic N) is 1. The molecular formula is C14H20N2O2. The zero-order chi connectivity index (χ0) is 13.4. The van der Waals surface area contributed by atoms with Crippen LogP contribution in [0, 0.1) is 11.3 Å². The van der Waals surface area contributed by atoms with Crippen molar-refractivity contribution in [1.82, 2.24) is 5.32 Å². The number of benzene rings is 1. The largest absolute Gasteiger partial charge is 0.493 e. The van der Waals surface area contributed by atoms with Gasteiger partial charge in [-0.25, -0.2) is 0 Å². The van der Waals surface area contributed by atoms with Gasteiger partial charge >= 0.3 is 0 Å². The second-order valence-electron chi connectivity index (χ2n) is 3.86. The van der Waals surface area contributed by atoms with Gasteiger partial charge in [0, 0.05) is 0 Å². The highest BCUT2D eigenvalue weighted by molar-refractivity contribution is 5.44. The third-order valence-electron chi connectivity index (χ3n) is 2.55. The molecule has 1 N–H and O–H groups in total. The number of ether oxygens (including phenoxy) is 2. The van der Waals surface area contributed by atoms with E-state index in [-0.39, 0.29) is 6.04 Å². The average Bonchev–Trinajstić information content (AvgIpc) is 2.40. The quantitative estimate of drug-likeness (QED) is 0.806. The first kappa shape index (κ1) is 14.3. The normalized spacial score (nSPS) is 11.7. The molecule has 0 saturated heterocycles. The minimum absolute atomic E-state index is 0.310. The fraction of sp³-hybridized carbons (Fsp3) is 0.500. The molecule has 0 saturated carbocycles. The third kappa shape index (κ3) is 3.64. The van der Waals surface area contributed by atoms with Gasteiger partial charge in [-0.1, -0.05) is 13.0 Å². The monoisotopic (exact) mass is 248 g/mol. The summed E-state index contributed by atoms with van der Waals surface area (Å²) in [6.45, 7) is 5.37. The molecule has 1 unspecified atom stereocenters. The van der Waals surface area contributed by atoms with Crippen LogP contribution in [0.25, 0.3) is 0 Å². The molecule has 0 amide bonds. The molecule has 0 aromatic heterocycles. The van der Waals surface area contributed by atoms with Gasteiger partial charge in [-0.2, -0.15) is 5.26 Å². The molecule has 0 aliphatic rings. The van der Waals surface area contributed by atoms with Crippen LogP contribution >= 0.6 is 0 Å². The Morgan fingerprint density at radius 2 is 2.11 bits per heavy atom. The van der Waals surface area contributed by atoms with Crippen molar-refractivity contribution in [2.75, 3.05) is 20.3 Å². The molecule has 0 fully saturated rings. The maximum atomic E-state index is 9.17. The molecule has 1 rings (SSSR count). The van der Waals surface area contributed by atoms with Gasteiger partial charge in [-0.15, -0.1) is 0 Å². The zero-order valence-corrected chi connectivity index (χ0v) is 11.2. The number of rotatable bonds is 7. The highest BCUT2D eigenvalue weighted by Gasteiger charge is 2.13. The Labute approximate surface area is 109 Å². The van der Waals surface area contributed by atoms with Crippen molar-refractivity contribution in [2.24, 2.45) is 0 Å². The number of nitriles is 1. The van der Waals surface area contributed by atoms with Crippen LogP contribution in [0.5, 0.6) is 11.5 Å². The van der Waals surface area contributed by atoms with Gasteiger partial charge in [0.05, 0.1) is 19.8 Å². The second kappa shape index (κ2) is 7.57. The molecule has 4 heteroatoms. The summed E-state index contributed by atoms with van der Waals surface area (Å²) in [5.41, 5.74) is 0.898. The highest BCUT2D eigenvalue weighted by atomic mass is 16.5. The van der Waals surface area contributed by atoms with E-state index in [2.05, 4.69) is 18.3 Å². The van der Waals surface area contributed by atoms with Gasteiger partial charge < -0.3 is 9.47 Å². The Bertz CT molecular complexity index is 413. The summed E-state index contributed by atoms with van der Waals surface area (Å²) in [7, 11) is 1.61. The molecule has 0 spiro atoms. The summed E-state index contributed by atoms with van der Waals surface area (Å²) in [5.74, 6) is 1.36. The maximum Gasteiger partial charge on any atom is 0.161 e. The first-order valence-corrected chi connectivity index (χ1v) is 6.20. The molecule has 1 aromatic rings. The SMILES string of the molecule is CCCNC(C#N)c1ccc(OC)c(OCC)c1. The van der Waals surface area contributed by atoms with Crippen LogP contribution in [0.1, 0.15) is 31.9 Å². The van der Waals surface area contributed by atoms with E-state index in [1.54, 1.807) is 7.11 Å². The van der Waals surface area contributed by atoms with Crippen LogP contribution < -0.4 is 14.8 Å². The van der Waals surface area contributed by atoms with Gasteiger partial charge in [0.1, 0.15) is 6.04 Å². The van der Waals surface area contributed by atoms with E-state index in [9.17, 15) is 0 Å². The van der Waals surface area contributed by atoms with Crippen LogP contribution in [0.15, 0.2) is 18.2 Å². The molecule has 0 radical (unpaired) electrons. The second-order valence-corrected chi connectivity index (χ2v) is 3.86. The summed E-state index contributed by atoms with van der Waals surface area (Å²) >= 11 is 0. The van der Waals surface area contributed by atoms with Crippen molar-refractivity contribution >= 4 is 0 Å². The Balaban J connectivity index is 2.94. The van der Waals surface area contributed by atoms with E-state index in [0.29, 0.717) is 18.1 Å². The lowest BCUT2D eigenvalue weighted by molar-refractivity contribution is 0.310. The molecule has 0 aliphatic carbocycles. The van der Waals surface area contributed by atoms with Crippen molar-refractivity contribution in [1.29, 1.82) is 5.26 Å². The summed E-state index contributed by atoms with van der Waals surface area (Å²) in [4.78, 5) is 0. The van der Waals surface area contributed by atoms with Crippen molar-refractivity contribution in [2.45, 2.75) is 26.3 Å². The topological polar surface area (TPSA) is 54.3 Å². The molecule has 98 valence electrons. The van der Waals surface area contributed by atoms with Crippen LogP contribution in [0.4, 0.5) is 0 Å². The fourth-order valence-corrected chi connectivity index (χ4v) is 1.67. The highest BCUT2D eigenvalue weighted by Crippen LogP contribution is 2.30. The standard InChI is InChI=1S/C14H20N2O2/c1-4-8-16-12(10-15)11-6-7-13(17-3)14(9-11)18-5-2/h6-7,9,12,16H,4-5,8H2,1-3H3. The Kier molecular flexibility index (Phi) is 6.03. The molecule has 4 nitrogen and oxygen atoms in total. The number of methoxy groups -OCH3 is 1. The molecular weight excluding hydrogens is 228 g/mol. The van der Waals surface area contributed by atoms with E-state index in [1.807, 2.05) is 25.1 Å². The third-order valence-corrected chi connectivity index (χ3v) is 2.55. The molecule has 0 bridgehead atoms. The molecule has 0 aliphatic heterocycles.